The summed E-state index contributed by atoms with van der Waals surface area (Å²) < 4.78 is 3.94. The number of carbonyl (C=O) groups is 1. The van der Waals surface area contributed by atoms with Crippen LogP contribution in [0, 0.1) is 0 Å². The van der Waals surface area contributed by atoms with Crippen molar-refractivity contribution in [2.75, 3.05) is 6.54 Å². The van der Waals surface area contributed by atoms with Crippen molar-refractivity contribution in [1.82, 2.24) is 19.2 Å². The molecule has 4 rings (SSSR count). The minimum Gasteiger partial charge on any atom is -0.334 e. The van der Waals surface area contributed by atoms with Gasteiger partial charge in [-0.3, -0.25) is 9.48 Å². The summed E-state index contributed by atoms with van der Waals surface area (Å²) in [7, 11) is 0. The Balaban J connectivity index is 1.50. The molecular formula is C19H20N4O. The van der Waals surface area contributed by atoms with Gasteiger partial charge < -0.3 is 9.47 Å². The van der Waals surface area contributed by atoms with Crippen molar-refractivity contribution in [2.45, 2.75) is 25.4 Å². The van der Waals surface area contributed by atoms with E-state index < -0.39 is 0 Å². The Hall–Kier alpha value is -2.82. The van der Waals surface area contributed by atoms with Gasteiger partial charge in [-0.1, -0.05) is 0 Å². The maximum Gasteiger partial charge on any atom is 0.254 e. The van der Waals surface area contributed by atoms with E-state index in [1.165, 1.54) is 0 Å². The average molecular weight is 320 g/mol. The third-order valence-electron chi connectivity index (χ3n) is 4.61. The largest absolute Gasteiger partial charge is 0.334 e. The summed E-state index contributed by atoms with van der Waals surface area (Å²) >= 11 is 0. The normalized spacial score (nSPS) is 17.3. The standard InChI is InChI=1S/C19H20N4O/c24-19(16-6-8-17(9-7-16)21-11-1-2-12-21)23-14-3-5-18(23)15-22-13-4-10-20-22/h1-2,4,6-13,18H,3,5,14-15H2. The van der Waals surface area contributed by atoms with Crippen molar-refractivity contribution in [3.8, 4) is 5.69 Å². The van der Waals surface area contributed by atoms with Crippen LogP contribution < -0.4 is 0 Å². The molecule has 1 aliphatic heterocycles. The van der Waals surface area contributed by atoms with Crippen molar-refractivity contribution in [1.29, 1.82) is 0 Å². The average Bonchev–Trinajstić information content (AvgIpc) is 3.37. The van der Waals surface area contributed by atoms with Gasteiger partial charge in [0, 0.05) is 42.6 Å². The van der Waals surface area contributed by atoms with Gasteiger partial charge in [0.1, 0.15) is 0 Å². The highest BCUT2D eigenvalue weighted by Gasteiger charge is 2.29. The molecule has 1 unspecified atom stereocenters. The van der Waals surface area contributed by atoms with Gasteiger partial charge in [0.15, 0.2) is 0 Å². The number of nitrogens with zero attached hydrogens (tertiary/aromatic N) is 4. The second-order valence-electron chi connectivity index (χ2n) is 6.16. The van der Waals surface area contributed by atoms with Crippen LogP contribution in [0.1, 0.15) is 23.2 Å². The molecule has 1 atom stereocenters. The maximum atomic E-state index is 12.9. The predicted molar refractivity (Wildman–Crippen MR) is 92.1 cm³/mol. The van der Waals surface area contributed by atoms with Crippen molar-refractivity contribution >= 4 is 5.91 Å². The number of rotatable bonds is 4. The van der Waals surface area contributed by atoms with Gasteiger partial charge in [0.05, 0.1) is 12.6 Å². The van der Waals surface area contributed by atoms with Crippen LogP contribution in [0.2, 0.25) is 0 Å². The molecule has 0 radical (unpaired) electrons. The Labute approximate surface area is 141 Å². The summed E-state index contributed by atoms with van der Waals surface area (Å²) in [5, 5.41) is 4.26. The monoisotopic (exact) mass is 320 g/mol. The zero-order valence-electron chi connectivity index (χ0n) is 13.5. The highest BCUT2D eigenvalue weighted by atomic mass is 16.2. The summed E-state index contributed by atoms with van der Waals surface area (Å²) in [6.45, 7) is 1.59. The van der Waals surface area contributed by atoms with Gasteiger partial charge >= 0.3 is 0 Å². The smallest absolute Gasteiger partial charge is 0.254 e. The lowest BCUT2D eigenvalue weighted by Gasteiger charge is -2.25. The van der Waals surface area contributed by atoms with E-state index in [1.807, 2.05) is 75.2 Å². The Morgan fingerprint density at radius 1 is 1.08 bits per heavy atom. The molecule has 0 N–H and O–H groups in total. The molecule has 0 aliphatic carbocycles. The fourth-order valence-electron chi connectivity index (χ4n) is 3.37. The molecule has 1 aliphatic rings. The van der Waals surface area contributed by atoms with E-state index >= 15 is 0 Å². The van der Waals surface area contributed by atoms with Crippen LogP contribution in [0.25, 0.3) is 5.69 Å². The van der Waals surface area contributed by atoms with Crippen LogP contribution in [-0.2, 0) is 6.54 Å². The number of aromatic nitrogens is 3. The number of benzene rings is 1. The first-order valence-corrected chi connectivity index (χ1v) is 8.33. The van der Waals surface area contributed by atoms with Gasteiger partial charge in [0.2, 0.25) is 0 Å². The van der Waals surface area contributed by atoms with E-state index in [9.17, 15) is 4.79 Å². The molecule has 1 aromatic carbocycles. The molecule has 1 amide bonds. The zero-order chi connectivity index (χ0) is 16.4. The van der Waals surface area contributed by atoms with Gasteiger partial charge in [-0.05, 0) is 55.3 Å². The number of hydrogen-bond donors (Lipinski definition) is 0. The van der Waals surface area contributed by atoms with Gasteiger partial charge in [0.25, 0.3) is 5.91 Å². The van der Waals surface area contributed by atoms with Crippen LogP contribution in [-0.4, -0.2) is 37.7 Å². The van der Waals surface area contributed by atoms with E-state index in [-0.39, 0.29) is 11.9 Å². The number of hydrogen-bond acceptors (Lipinski definition) is 2. The second-order valence-corrected chi connectivity index (χ2v) is 6.16. The van der Waals surface area contributed by atoms with Crippen molar-refractivity contribution in [3.05, 3.63) is 72.8 Å². The lowest BCUT2D eigenvalue weighted by molar-refractivity contribution is 0.0721. The molecule has 0 spiro atoms. The Morgan fingerprint density at radius 3 is 2.58 bits per heavy atom. The number of likely N-dealkylation sites (tertiary alicyclic amines) is 1. The Morgan fingerprint density at radius 2 is 1.88 bits per heavy atom. The second kappa shape index (κ2) is 6.35. The molecule has 122 valence electrons. The predicted octanol–water partition coefficient (Wildman–Crippen LogP) is 2.98. The SMILES string of the molecule is O=C(c1ccc(-n2cccc2)cc1)N1CCCC1Cn1cccn1. The van der Waals surface area contributed by atoms with Crippen molar-refractivity contribution in [2.24, 2.45) is 0 Å². The fourth-order valence-corrected chi connectivity index (χ4v) is 3.37. The third-order valence-corrected chi connectivity index (χ3v) is 4.61. The van der Waals surface area contributed by atoms with E-state index in [0.717, 1.165) is 37.2 Å². The summed E-state index contributed by atoms with van der Waals surface area (Å²) in [6, 6.07) is 13.9. The number of carbonyl (C=O) groups excluding carboxylic acids is 1. The number of amides is 1. The van der Waals surface area contributed by atoms with Crippen LogP contribution in [0.15, 0.2) is 67.3 Å². The maximum absolute atomic E-state index is 12.9. The van der Waals surface area contributed by atoms with Gasteiger partial charge in [-0.2, -0.15) is 5.10 Å². The molecule has 2 aromatic heterocycles. The lowest BCUT2D eigenvalue weighted by Crippen LogP contribution is -2.38. The summed E-state index contributed by atoms with van der Waals surface area (Å²) in [5.74, 6) is 0.115. The highest BCUT2D eigenvalue weighted by molar-refractivity contribution is 5.94. The molecule has 5 heteroatoms. The quantitative estimate of drug-likeness (QED) is 0.742. The molecule has 0 saturated carbocycles. The van der Waals surface area contributed by atoms with Gasteiger partial charge in [-0.25, -0.2) is 0 Å². The first-order chi connectivity index (χ1) is 11.8. The zero-order valence-corrected chi connectivity index (χ0v) is 13.5. The molecule has 3 heterocycles. The first kappa shape index (κ1) is 14.8. The molecule has 5 nitrogen and oxygen atoms in total. The first-order valence-electron chi connectivity index (χ1n) is 8.33. The topological polar surface area (TPSA) is 43.1 Å². The van der Waals surface area contributed by atoms with Crippen LogP contribution in [0.5, 0.6) is 0 Å². The molecule has 1 fully saturated rings. The Kier molecular flexibility index (Phi) is 3.91. The van der Waals surface area contributed by atoms with E-state index in [0.29, 0.717) is 0 Å². The highest BCUT2D eigenvalue weighted by Crippen LogP contribution is 2.22. The van der Waals surface area contributed by atoms with Gasteiger partial charge in [-0.15, -0.1) is 0 Å². The summed E-state index contributed by atoms with van der Waals surface area (Å²) in [6.07, 6.45) is 9.81. The van der Waals surface area contributed by atoms with Crippen LogP contribution in [0.3, 0.4) is 0 Å². The van der Waals surface area contributed by atoms with Crippen LogP contribution in [0.4, 0.5) is 0 Å². The van der Waals surface area contributed by atoms with E-state index in [1.54, 1.807) is 6.20 Å². The minimum atomic E-state index is 0.115. The molecule has 0 bridgehead atoms. The third kappa shape index (κ3) is 2.85. The van der Waals surface area contributed by atoms with E-state index in [4.69, 9.17) is 0 Å². The Bertz CT molecular complexity index is 791. The molecule has 1 saturated heterocycles. The lowest BCUT2D eigenvalue weighted by atomic mass is 10.1. The summed E-state index contributed by atoms with van der Waals surface area (Å²) in [4.78, 5) is 14.9. The fraction of sp³-hybridized carbons (Fsp3) is 0.263. The van der Waals surface area contributed by atoms with Crippen molar-refractivity contribution < 1.29 is 4.79 Å². The summed E-state index contributed by atoms with van der Waals surface area (Å²) in [5.41, 5.74) is 1.81. The minimum absolute atomic E-state index is 0.115. The van der Waals surface area contributed by atoms with E-state index in [2.05, 4.69) is 5.10 Å². The molecule has 3 aromatic rings. The molecular weight excluding hydrogens is 300 g/mol. The van der Waals surface area contributed by atoms with Crippen LogP contribution >= 0.6 is 0 Å². The van der Waals surface area contributed by atoms with Crippen molar-refractivity contribution in [3.63, 3.8) is 0 Å². The molecule has 24 heavy (non-hydrogen) atoms.